The van der Waals surface area contributed by atoms with E-state index in [1.54, 1.807) is 0 Å². The highest BCUT2D eigenvalue weighted by Gasteiger charge is 2.39. The number of hydrogen-bond acceptors (Lipinski definition) is 3. The number of aryl methyl sites for hydroxylation is 1. The van der Waals surface area contributed by atoms with Crippen molar-refractivity contribution in [2.24, 2.45) is 5.92 Å². The Balaban J connectivity index is 1.89. The minimum Gasteiger partial charge on any atom is -0.239 e. The molecule has 2 rings (SSSR count). The summed E-state index contributed by atoms with van der Waals surface area (Å²) in [4.78, 5) is 9.22. The van der Waals surface area contributed by atoms with Crippen molar-refractivity contribution in [3.05, 3.63) is 23.8 Å². The SMILES string of the molecule is CCCCCCc1cnc([C@]2(C#N)CC[C@H](CCCCC)CC2)nc1. The molecule has 0 radical (unpaired) electrons. The van der Waals surface area contributed by atoms with Crippen LogP contribution in [0.25, 0.3) is 0 Å². The molecule has 1 saturated carbocycles. The van der Waals surface area contributed by atoms with Crippen LogP contribution in [0.4, 0.5) is 0 Å². The summed E-state index contributed by atoms with van der Waals surface area (Å²) in [5.41, 5.74) is 0.767. The number of aromatic nitrogens is 2. The molecule has 0 aliphatic heterocycles. The molecule has 25 heavy (non-hydrogen) atoms. The van der Waals surface area contributed by atoms with E-state index in [1.807, 2.05) is 12.4 Å². The number of unbranched alkanes of at least 4 members (excludes halogenated alkanes) is 5. The molecule has 1 aromatic heterocycles. The van der Waals surface area contributed by atoms with Gasteiger partial charge in [0.1, 0.15) is 11.2 Å². The Morgan fingerprint density at radius 2 is 1.64 bits per heavy atom. The van der Waals surface area contributed by atoms with E-state index in [4.69, 9.17) is 0 Å². The zero-order valence-electron chi connectivity index (χ0n) is 16.3. The average molecular weight is 342 g/mol. The van der Waals surface area contributed by atoms with Crippen molar-refractivity contribution in [2.75, 3.05) is 0 Å². The molecule has 0 aromatic carbocycles. The summed E-state index contributed by atoms with van der Waals surface area (Å²) in [6.45, 7) is 4.49. The summed E-state index contributed by atoms with van der Waals surface area (Å²) in [5, 5.41) is 9.84. The van der Waals surface area contributed by atoms with Gasteiger partial charge in [0.05, 0.1) is 6.07 Å². The predicted molar refractivity (Wildman–Crippen MR) is 103 cm³/mol. The first kappa shape index (κ1) is 19.9. The topological polar surface area (TPSA) is 49.6 Å². The van der Waals surface area contributed by atoms with Crippen molar-refractivity contribution in [2.45, 2.75) is 103 Å². The van der Waals surface area contributed by atoms with E-state index in [9.17, 15) is 5.26 Å². The molecule has 0 atom stereocenters. The van der Waals surface area contributed by atoms with Gasteiger partial charge in [-0.15, -0.1) is 0 Å². The van der Waals surface area contributed by atoms with Crippen LogP contribution in [-0.4, -0.2) is 9.97 Å². The van der Waals surface area contributed by atoms with E-state index in [-0.39, 0.29) is 0 Å². The van der Waals surface area contributed by atoms with E-state index >= 15 is 0 Å². The van der Waals surface area contributed by atoms with Crippen LogP contribution < -0.4 is 0 Å². The van der Waals surface area contributed by atoms with Crippen LogP contribution in [0.3, 0.4) is 0 Å². The van der Waals surface area contributed by atoms with Crippen LogP contribution in [0, 0.1) is 17.2 Å². The smallest absolute Gasteiger partial charge is 0.148 e. The van der Waals surface area contributed by atoms with Gasteiger partial charge in [-0.25, -0.2) is 9.97 Å². The van der Waals surface area contributed by atoms with Crippen LogP contribution >= 0.6 is 0 Å². The normalized spacial score (nSPS) is 23.3. The Morgan fingerprint density at radius 3 is 2.24 bits per heavy atom. The standard InChI is InChI=1S/C22H35N3/c1-3-5-7-9-11-20-16-24-21(25-17-20)22(18-23)14-12-19(13-15-22)10-8-6-4-2/h16-17,19H,3-15H2,1-2H3/t19-,22+. The van der Waals surface area contributed by atoms with Crippen molar-refractivity contribution in [1.82, 2.24) is 9.97 Å². The summed E-state index contributed by atoms with van der Waals surface area (Å²) in [6.07, 6.45) is 19.5. The monoisotopic (exact) mass is 341 g/mol. The highest BCUT2D eigenvalue weighted by Crippen LogP contribution is 2.41. The Morgan fingerprint density at radius 1 is 1.00 bits per heavy atom. The highest BCUT2D eigenvalue weighted by molar-refractivity contribution is 5.22. The quantitative estimate of drug-likeness (QED) is 0.481. The summed E-state index contributed by atoms with van der Waals surface area (Å²) < 4.78 is 0. The summed E-state index contributed by atoms with van der Waals surface area (Å²) in [7, 11) is 0. The molecular formula is C22H35N3. The lowest BCUT2D eigenvalue weighted by Crippen LogP contribution is -2.32. The first-order chi connectivity index (χ1) is 12.2. The lowest BCUT2D eigenvalue weighted by Gasteiger charge is -2.33. The van der Waals surface area contributed by atoms with E-state index in [2.05, 4.69) is 29.9 Å². The van der Waals surface area contributed by atoms with Crippen molar-refractivity contribution >= 4 is 0 Å². The number of hydrogen-bond donors (Lipinski definition) is 0. The molecule has 0 unspecified atom stereocenters. The van der Waals surface area contributed by atoms with Gasteiger partial charge >= 0.3 is 0 Å². The van der Waals surface area contributed by atoms with Gasteiger partial charge in [-0.3, -0.25) is 0 Å². The Kier molecular flexibility index (Phi) is 8.38. The number of rotatable bonds is 10. The van der Waals surface area contributed by atoms with Crippen LogP contribution in [0.1, 0.15) is 102 Å². The van der Waals surface area contributed by atoms with E-state index in [0.29, 0.717) is 0 Å². The largest absolute Gasteiger partial charge is 0.239 e. The second-order valence-electron chi connectivity index (χ2n) is 7.86. The molecule has 1 aliphatic rings. The van der Waals surface area contributed by atoms with Gasteiger partial charge < -0.3 is 0 Å². The minimum absolute atomic E-state index is 0.442. The van der Waals surface area contributed by atoms with Crippen LogP contribution in [0.15, 0.2) is 12.4 Å². The molecule has 1 aliphatic carbocycles. The van der Waals surface area contributed by atoms with E-state index in [1.165, 1.54) is 56.9 Å². The molecule has 1 fully saturated rings. The zero-order chi connectivity index (χ0) is 18.0. The molecule has 0 spiro atoms. The maximum Gasteiger partial charge on any atom is 0.148 e. The Bertz CT molecular complexity index is 521. The van der Waals surface area contributed by atoms with E-state index < -0.39 is 5.41 Å². The van der Waals surface area contributed by atoms with Crippen molar-refractivity contribution in [3.8, 4) is 6.07 Å². The Labute approximate surface area is 154 Å². The molecule has 0 N–H and O–H groups in total. The maximum absolute atomic E-state index is 9.84. The van der Waals surface area contributed by atoms with Gasteiger partial charge in [-0.05, 0) is 50.0 Å². The number of nitrogens with zero attached hydrogens (tertiary/aromatic N) is 3. The molecule has 1 heterocycles. The van der Waals surface area contributed by atoms with Gasteiger partial charge in [0, 0.05) is 12.4 Å². The van der Waals surface area contributed by atoms with Crippen molar-refractivity contribution in [1.29, 1.82) is 5.26 Å². The molecule has 1 aromatic rings. The van der Waals surface area contributed by atoms with Crippen molar-refractivity contribution in [3.63, 3.8) is 0 Å². The van der Waals surface area contributed by atoms with E-state index in [0.717, 1.165) is 43.8 Å². The van der Waals surface area contributed by atoms with Gasteiger partial charge in [-0.2, -0.15) is 5.26 Å². The first-order valence-corrected chi connectivity index (χ1v) is 10.5. The predicted octanol–water partition coefficient (Wildman–Crippen LogP) is 6.13. The van der Waals surface area contributed by atoms with Gasteiger partial charge in [0.15, 0.2) is 0 Å². The fourth-order valence-corrected chi connectivity index (χ4v) is 4.01. The zero-order valence-corrected chi connectivity index (χ0v) is 16.3. The molecular weight excluding hydrogens is 306 g/mol. The average Bonchev–Trinajstić information content (AvgIpc) is 2.67. The van der Waals surface area contributed by atoms with Crippen LogP contribution in [0.2, 0.25) is 0 Å². The fourth-order valence-electron chi connectivity index (χ4n) is 4.01. The molecule has 0 amide bonds. The third-order valence-electron chi connectivity index (χ3n) is 5.84. The van der Waals surface area contributed by atoms with Crippen LogP contribution in [0.5, 0.6) is 0 Å². The third kappa shape index (κ3) is 5.80. The number of nitriles is 1. The lowest BCUT2D eigenvalue weighted by molar-refractivity contribution is 0.254. The first-order valence-electron chi connectivity index (χ1n) is 10.5. The summed E-state index contributed by atoms with van der Waals surface area (Å²) in [5.74, 6) is 1.56. The molecule has 3 heteroatoms. The second kappa shape index (κ2) is 10.5. The fraction of sp³-hybridized carbons (Fsp3) is 0.773. The van der Waals surface area contributed by atoms with Crippen LogP contribution in [-0.2, 0) is 11.8 Å². The molecule has 3 nitrogen and oxygen atoms in total. The van der Waals surface area contributed by atoms with Crippen molar-refractivity contribution < 1.29 is 0 Å². The molecule has 0 bridgehead atoms. The van der Waals surface area contributed by atoms with Gasteiger partial charge in [0.25, 0.3) is 0 Å². The van der Waals surface area contributed by atoms with Gasteiger partial charge in [-0.1, -0.05) is 58.8 Å². The maximum atomic E-state index is 9.84. The highest BCUT2D eigenvalue weighted by atomic mass is 14.9. The summed E-state index contributed by atoms with van der Waals surface area (Å²) in [6, 6.07) is 2.58. The summed E-state index contributed by atoms with van der Waals surface area (Å²) >= 11 is 0. The molecule has 138 valence electrons. The second-order valence-corrected chi connectivity index (χ2v) is 7.86. The Hall–Kier alpha value is -1.43. The molecule has 0 saturated heterocycles. The third-order valence-corrected chi connectivity index (χ3v) is 5.84. The lowest BCUT2D eigenvalue weighted by atomic mass is 9.69. The van der Waals surface area contributed by atoms with Gasteiger partial charge in [0.2, 0.25) is 0 Å². The minimum atomic E-state index is -0.442.